The zero-order chi connectivity index (χ0) is 10.7. The lowest BCUT2D eigenvalue weighted by Gasteiger charge is -2.00. The van der Waals surface area contributed by atoms with Gasteiger partial charge in [0.2, 0.25) is 5.78 Å². The van der Waals surface area contributed by atoms with Crippen LogP contribution in [0.25, 0.3) is 0 Å². The summed E-state index contributed by atoms with van der Waals surface area (Å²) in [6.07, 6.45) is -0.0494. The zero-order valence-corrected chi connectivity index (χ0v) is 8.60. The molecule has 74 valence electrons. The first-order valence-corrected chi connectivity index (χ1v) is 4.53. The number of amides is 1. The molecule has 0 spiro atoms. The van der Waals surface area contributed by atoms with Crippen LogP contribution in [0.15, 0.2) is 18.2 Å². The van der Waals surface area contributed by atoms with Gasteiger partial charge in [0.05, 0.1) is 10.0 Å². The van der Waals surface area contributed by atoms with Crippen LogP contribution in [0, 0.1) is 0 Å². The van der Waals surface area contributed by atoms with E-state index in [2.05, 4.69) is 0 Å². The molecule has 0 aromatic heterocycles. The van der Waals surface area contributed by atoms with Gasteiger partial charge in [0.25, 0.3) is 5.91 Å². The summed E-state index contributed by atoms with van der Waals surface area (Å²) in [5.41, 5.74) is 5.42. The standard InChI is InChI=1S/C9H7Cl2NO2/c10-6-2-1-5(3-7(6)11)4-8(13)9(12)14/h1-3H,4H2,(H2,12,14). The number of hydrogen-bond donors (Lipinski definition) is 1. The van der Waals surface area contributed by atoms with E-state index in [1.165, 1.54) is 6.07 Å². The summed E-state index contributed by atoms with van der Waals surface area (Å²) >= 11 is 11.4. The van der Waals surface area contributed by atoms with Gasteiger partial charge in [-0.25, -0.2) is 0 Å². The first kappa shape index (κ1) is 11.0. The third-order valence-corrected chi connectivity index (χ3v) is 2.36. The van der Waals surface area contributed by atoms with Crippen LogP contribution in [0.4, 0.5) is 0 Å². The van der Waals surface area contributed by atoms with E-state index in [1.54, 1.807) is 12.1 Å². The van der Waals surface area contributed by atoms with Crippen LogP contribution in [-0.2, 0) is 16.0 Å². The summed E-state index contributed by atoms with van der Waals surface area (Å²) in [7, 11) is 0. The molecule has 0 aliphatic carbocycles. The first-order valence-electron chi connectivity index (χ1n) is 3.77. The molecule has 0 unspecified atom stereocenters. The third kappa shape index (κ3) is 2.72. The number of hydrogen-bond acceptors (Lipinski definition) is 2. The number of nitrogens with two attached hydrogens (primary N) is 1. The summed E-state index contributed by atoms with van der Waals surface area (Å²) < 4.78 is 0. The van der Waals surface area contributed by atoms with E-state index >= 15 is 0 Å². The van der Waals surface area contributed by atoms with Crippen molar-refractivity contribution in [2.45, 2.75) is 6.42 Å². The van der Waals surface area contributed by atoms with Gasteiger partial charge in [0.15, 0.2) is 0 Å². The van der Waals surface area contributed by atoms with Gasteiger partial charge in [-0.2, -0.15) is 0 Å². The second-order valence-corrected chi connectivity index (χ2v) is 3.53. The average molecular weight is 232 g/mol. The molecule has 1 aromatic carbocycles. The van der Waals surface area contributed by atoms with Crippen molar-refractivity contribution < 1.29 is 9.59 Å². The summed E-state index contributed by atoms with van der Waals surface area (Å²) in [4.78, 5) is 21.4. The highest BCUT2D eigenvalue weighted by Gasteiger charge is 2.10. The molecule has 1 amide bonds. The Morgan fingerprint density at radius 1 is 1.21 bits per heavy atom. The lowest BCUT2D eigenvalue weighted by molar-refractivity contribution is -0.135. The molecule has 0 saturated heterocycles. The monoisotopic (exact) mass is 231 g/mol. The van der Waals surface area contributed by atoms with E-state index in [0.717, 1.165) is 0 Å². The van der Waals surface area contributed by atoms with Crippen molar-refractivity contribution in [3.63, 3.8) is 0 Å². The molecule has 0 bridgehead atoms. The number of Topliss-reactive ketones (excluding diaryl/α,β-unsaturated/α-hetero) is 1. The van der Waals surface area contributed by atoms with Crippen LogP contribution in [0.2, 0.25) is 10.0 Å². The minimum atomic E-state index is -0.948. The number of rotatable bonds is 3. The van der Waals surface area contributed by atoms with Gasteiger partial charge in [0, 0.05) is 6.42 Å². The summed E-state index contributed by atoms with van der Waals surface area (Å²) in [5, 5.41) is 0.753. The summed E-state index contributed by atoms with van der Waals surface area (Å²) in [5.74, 6) is -1.60. The summed E-state index contributed by atoms with van der Waals surface area (Å²) in [6, 6.07) is 4.72. The number of carbonyl (C=O) groups excluding carboxylic acids is 2. The van der Waals surface area contributed by atoms with Crippen molar-refractivity contribution in [1.29, 1.82) is 0 Å². The van der Waals surface area contributed by atoms with Crippen molar-refractivity contribution in [3.8, 4) is 0 Å². The number of primary amides is 1. The van der Waals surface area contributed by atoms with Crippen LogP contribution in [0.1, 0.15) is 5.56 Å². The Hall–Kier alpha value is -1.06. The molecule has 0 aliphatic heterocycles. The van der Waals surface area contributed by atoms with Gasteiger partial charge in [-0.05, 0) is 17.7 Å². The molecule has 0 atom stereocenters. The highest BCUT2D eigenvalue weighted by molar-refractivity contribution is 6.42. The molecule has 14 heavy (non-hydrogen) atoms. The molecular formula is C9H7Cl2NO2. The lowest BCUT2D eigenvalue weighted by Crippen LogP contribution is -2.24. The van der Waals surface area contributed by atoms with Gasteiger partial charge >= 0.3 is 0 Å². The fraction of sp³-hybridized carbons (Fsp3) is 0.111. The van der Waals surface area contributed by atoms with Crippen LogP contribution >= 0.6 is 23.2 Å². The normalized spacial score (nSPS) is 9.86. The average Bonchev–Trinajstić information content (AvgIpc) is 2.11. The third-order valence-electron chi connectivity index (χ3n) is 1.62. The second-order valence-electron chi connectivity index (χ2n) is 2.71. The van der Waals surface area contributed by atoms with Crippen LogP contribution in [0.5, 0.6) is 0 Å². The van der Waals surface area contributed by atoms with Crippen molar-refractivity contribution in [1.82, 2.24) is 0 Å². The number of halogens is 2. The molecular weight excluding hydrogens is 225 g/mol. The van der Waals surface area contributed by atoms with E-state index in [-0.39, 0.29) is 6.42 Å². The molecule has 5 heteroatoms. The van der Waals surface area contributed by atoms with Gasteiger partial charge < -0.3 is 5.73 Å². The quantitative estimate of drug-likeness (QED) is 0.804. The van der Waals surface area contributed by atoms with Crippen molar-refractivity contribution >= 4 is 34.9 Å². The molecule has 1 rings (SSSR count). The minimum absolute atomic E-state index is 0.0494. The largest absolute Gasteiger partial charge is 0.363 e. The topological polar surface area (TPSA) is 60.2 Å². The summed E-state index contributed by atoms with van der Waals surface area (Å²) in [6.45, 7) is 0. The van der Waals surface area contributed by atoms with E-state index in [0.29, 0.717) is 15.6 Å². The molecule has 0 radical (unpaired) electrons. The van der Waals surface area contributed by atoms with Gasteiger partial charge in [-0.1, -0.05) is 29.3 Å². The van der Waals surface area contributed by atoms with Crippen molar-refractivity contribution in [2.24, 2.45) is 5.73 Å². The highest BCUT2D eigenvalue weighted by Crippen LogP contribution is 2.22. The smallest absolute Gasteiger partial charge is 0.285 e. The SMILES string of the molecule is NC(=O)C(=O)Cc1ccc(Cl)c(Cl)c1. The molecule has 0 heterocycles. The number of carbonyl (C=O) groups is 2. The maximum Gasteiger partial charge on any atom is 0.285 e. The molecule has 1 aromatic rings. The zero-order valence-electron chi connectivity index (χ0n) is 7.09. The first-order chi connectivity index (χ1) is 6.50. The Labute approximate surface area is 90.8 Å². The van der Waals surface area contributed by atoms with E-state index < -0.39 is 11.7 Å². The Morgan fingerprint density at radius 3 is 2.36 bits per heavy atom. The number of benzene rings is 1. The maximum atomic E-state index is 11.0. The maximum absolute atomic E-state index is 11.0. The predicted octanol–water partition coefficient (Wildman–Crippen LogP) is 1.59. The number of ketones is 1. The molecule has 0 fully saturated rings. The van der Waals surface area contributed by atoms with Crippen LogP contribution in [-0.4, -0.2) is 11.7 Å². The van der Waals surface area contributed by atoms with Crippen LogP contribution < -0.4 is 5.73 Å². The van der Waals surface area contributed by atoms with Crippen LogP contribution in [0.3, 0.4) is 0 Å². The Bertz CT molecular complexity index is 390. The molecule has 2 N–H and O–H groups in total. The van der Waals surface area contributed by atoms with E-state index in [1.807, 2.05) is 0 Å². The minimum Gasteiger partial charge on any atom is -0.363 e. The molecule has 3 nitrogen and oxygen atoms in total. The predicted molar refractivity (Wildman–Crippen MR) is 54.4 cm³/mol. The Kier molecular flexibility index (Phi) is 3.49. The van der Waals surface area contributed by atoms with Crippen molar-refractivity contribution in [2.75, 3.05) is 0 Å². The molecule has 0 saturated carbocycles. The Balaban J connectivity index is 2.83. The van der Waals surface area contributed by atoms with E-state index in [9.17, 15) is 9.59 Å². The Morgan fingerprint density at radius 2 is 1.86 bits per heavy atom. The lowest BCUT2D eigenvalue weighted by atomic mass is 10.1. The fourth-order valence-electron chi connectivity index (χ4n) is 0.922. The highest BCUT2D eigenvalue weighted by atomic mass is 35.5. The second kappa shape index (κ2) is 4.44. The van der Waals surface area contributed by atoms with E-state index in [4.69, 9.17) is 28.9 Å². The van der Waals surface area contributed by atoms with Gasteiger partial charge in [-0.3, -0.25) is 9.59 Å². The van der Waals surface area contributed by atoms with Crippen molar-refractivity contribution in [3.05, 3.63) is 33.8 Å². The fourth-order valence-corrected chi connectivity index (χ4v) is 1.24. The molecule has 0 aliphatic rings. The van der Waals surface area contributed by atoms with Gasteiger partial charge in [0.1, 0.15) is 0 Å². The van der Waals surface area contributed by atoms with Gasteiger partial charge in [-0.15, -0.1) is 0 Å².